The van der Waals surface area contributed by atoms with Gasteiger partial charge in [-0.25, -0.2) is 14.8 Å². The van der Waals surface area contributed by atoms with Crippen LogP contribution in [-0.2, 0) is 14.3 Å². The second kappa shape index (κ2) is 9.90. The van der Waals surface area contributed by atoms with E-state index in [-0.39, 0.29) is 30.6 Å². The lowest BCUT2D eigenvalue weighted by molar-refractivity contribution is -0.133. The summed E-state index contributed by atoms with van der Waals surface area (Å²) in [5.41, 5.74) is 0.258. The lowest BCUT2D eigenvalue weighted by Crippen LogP contribution is -2.65. The number of nitrogens with one attached hydrogen (secondary N) is 2. The first kappa shape index (κ1) is 21.9. The minimum absolute atomic E-state index is 0.0375. The largest absolute Gasteiger partial charge is 0.378 e. The summed E-state index contributed by atoms with van der Waals surface area (Å²) in [6.07, 6.45) is 5.39. The van der Waals surface area contributed by atoms with Gasteiger partial charge in [0.1, 0.15) is 18.4 Å². The van der Waals surface area contributed by atoms with Gasteiger partial charge in [0.05, 0.1) is 25.3 Å². The highest BCUT2D eigenvalue weighted by Gasteiger charge is 2.40. The molecule has 12 heteroatoms. The van der Waals surface area contributed by atoms with Crippen LogP contribution in [0.15, 0.2) is 18.7 Å². The second-order valence-electron chi connectivity index (χ2n) is 7.96. The van der Waals surface area contributed by atoms with Gasteiger partial charge in [-0.05, 0) is 12.8 Å². The Kier molecular flexibility index (Phi) is 6.78. The maximum atomic E-state index is 13.2. The van der Waals surface area contributed by atoms with Crippen LogP contribution in [0.2, 0.25) is 0 Å². The number of carbonyl (C=O) groups excluding carboxylic acids is 4. The molecule has 2 unspecified atom stereocenters. The SMILES string of the molecule is O=C1NCCCC1NC(=O)C1CN(C(=O)N2CCOCC2)CCN1C(=O)c1cncnc1. The molecule has 2 atom stereocenters. The Morgan fingerprint density at radius 3 is 2.53 bits per heavy atom. The van der Waals surface area contributed by atoms with Crippen molar-refractivity contribution in [2.24, 2.45) is 0 Å². The first-order chi connectivity index (χ1) is 15.5. The van der Waals surface area contributed by atoms with Gasteiger partial charge in [0.15, 0.2) is 0 Å². The third-order valence-electron chi connectivity index (χ3n) is 5.91. The first-order valence-corrected chi connectivity index (χ1v) is 10.8. The molecule has 0 aliphatic carbocycles. The van der Waals surface area contributed by atoms with Crippen molar-refractivity contribution in [3.63, 3.8) is 0 Å². The number of amides is 5. The fourth-order valence-electron chi connectivity index (χ4n) is 4.13. The summed E-state index contributed by atoms with van der Waals surface area (Å²) in [4.78, 5) is 63.9. The van der Waals surface area contributed by atoms with E-state index in [0.29, 0.717) is 45.8 Å². The molecule has 2 N–H and O–H groups in total. The molecule has 0 aromatic carbocycles. The number of rotatable bonds is 3. The molecule has 12 nitrogen and oxygen atoms in total. The van der Waals surface area contributed by atoms with E-state index in [9.17, 15) is 19.2 Å². The Labute approximate surface area is 185 Å². The second-order valence-corrected chi connectivity index (χ2v) is 7.96. The highest BCUT2D eigenvalue weighted by Crippen LogP contribution is 2.17. The van der Waals surface area contributed by atoms with E-state index in [1.807, 2.05) is 0 Å². The molecule has 0 bridgehead atoms. The summed E-state index contributed by atoms with van der Waals surface area (Å²) in [6.45, 7) is 3.00. The fourth-order valence-corrected chi connectivity index (χ4v) is 4.13. The van der Waals surface area contributed by atoms with E-state index in [1.165, 1.54) is 23.6 Å². The maximum Gasteiger partial charge on any atom is 0.320 e. The van der Waals surface area contributed by atoms with E-state index >= 15 is 0 Å². The van der Waals surface area contributed by atoms with Gasteiger partial charge >= 0.3 is 6.03 Å². The summed E-state index contributed by atoms with van der Waals surface area (Å²) >= 11 is 0. The minimum Gasteiger partial charge on any atom is -0.378 e. The van der Waals surface area contributed by atoms with Crippen LogP contribution >= 0.6 is 0 Å². The van der Waals surface area contributed by atoms with Crippen molar-refractivity contribution in [2.75, 3.05) is 52.5 Å². The Morgan fingerprint density at radius 2 is 1.81 bits per heavy atom. The normalized spacial score (nSPS) is 24.0. The van der Waals surface area contributed by atoms with Crippen molar-refractivity contribution in [1.29, 1.82) is 0 Å². The Morgan fingerprint density at radius 1 is 1.06 bits per heavy atom. The molecule has 32 heavy (non-hydrogen) atoms. The molecular formula is C20H27N7O5. The predicted octanol–water partition coefficient (Wildman–Crippen LogP) is -1.55. The number of carbonyl (C=O) groups is 4. The zero-order valence-corrected chi connectivity index (χ0v) is 17.7. The fraction of sp³-hybridized carbons (Fsp3) is 0.600. The summed E-state index contributed by atoms with van der Waals surface area (Å²) in [7, 11) is 0. The monoisotopic (exact) mass is 445 g/mol. The number of hydrogen-bond donors (Lipinski definition) is 2. The van der Waals surface area contributed by atoms with Crippen molar-refractivity contribution < 1.29 is 23.9 Å². The van der Waals surface area contributed by atoms with Crippen molar-refractivity contribution in [1.82, 2.24) is 35.3 Å². The average molecular weight is 445 g/mol. The topological polar surface area (TPSA) is 137 Å². The Bertz CT molecular complexity index is 861. The van der Waals surface area contributed by atoms with Crippen LogP contribution in [0.5, 0.6) is 0 Å². The number of piperazine rings is 1. The lowest BCUT2D eigenvalue weighted by Gasteiger charge is -2.42. The van der Waals surface area contributed by atoms with Crippen LogP contribution in [0, 0.1) is 0 Å². The van der Waals surface area contributed by atoms with Crippen LogP contribution in [-0.4, -0.2) is 113 Å². The smallest absolute Gasteiger partial charge is 0.320 e. The molecule has 1 aromatic heterocycles. The number of piperidine rings is 1. The Balaban J connectivity index is 1.51. The summed E-state index contributed by atoms with van der Waals surface area (Å²) in [6, 6.07) is -1.77. The summed E-state index contributed by atoms with van der Waals surface area (Å²) in [5, 5.41) is 5.50. The van der Waals surface area contributed by atoms with Crippen LogP contribution in [0.25, 0.3) is 0 Å². The molecule has 5 amide bonds. The molecule has 172 valence electrons. The van der Waals surface area contributed by atoms with Crippen LogP contribution in [0.4, 0.5) is 4.79 Å². The van der Waals surface area contributed by atoms with Gasteiger partial charge in [-0.15, -0.1) is 0 Å². The molecule has 3 aliphatic rings. The van der Waals surface area contributed by atoms with Crippen LogP contribution < -0.4 is 10.6 Å². The highest BCUT2D eigenvalue weighted by molar-refractivity contribution is 5.98. The molecule has 0 saturated carbocycles. The first-order valence-electron chi connectivity index (χ1n) is 10.8. The van der Waals surface area contributed by atoms with E-state index in [2.05, 4.69) is 20.6 Å². The molecule has 4 rings (SSSR count). The van der Waals surface area contributed by atoms with Crippen LogP contribution in [0.1, 0.15) is 23.2 Å². The highest BCUT2D eigenvalue weighted by atomic mass is 16.5. The van der Waals surface area contributed by atoms with Gasteiger partial charge in [0.2, 0.25) is 11.8 Å². The molecule has 3 saturated heterocycles. The van der Waals surface area contributed by atoms with Crippen molar-refractivity contribution in [3.05, 3.63) is 24.3 Å². The third-order valence-corrected chi connectivity index (χ3v) is 5.91. The van der Waals surface area contributed by atoms with Gasteiger partial charge in [0.25, 0.3) is 5.91 Å². The van der Waals surface area contributed by atoms with Gasteiger partial charge < -0.3 is 30.1 Å². The zero-order valence-electron chi connectivity index (χ0n) is 17.7. The van der Waals surface area contributed by atoms with Crippen molar-refractivity contribution in [3.8, 4) is 0 Å². The summed E-state index contributed by atoms with van der Waals surface area (Å²) in [5.74, 6) is -1.09. The minimum atomic E-state index is -0.934. The number of morpholine rings is 1. The number of ether oxygens (including phenoxy) is 1. The van der Waals surface area contributed by atoms with Gasteiger partial charge in [-0.2, -0.15) is 0 Å². The molecule has 1 aromatic rings. The van der Waals surface area contributed by atoms with Crippen molar-refractivity contribution >= 4 is 23.8 Å². The summed E-state index contributed by atoms with van der Waals surface area (Å²) < 4.78 is 5.31. The van der Waals surface area contributed by atoms with E-state index < -0.39 is 23.9 Å². The molecular weight excluding hydrogens is 418 g/mol. The van der Waals surface area contributed by atoms with Crippen molar-refractivity contribution in [2.45, 2.75) is 24.9 Å². The maximum absolute atomic E-state index is 13.2. The zero-order chi connectivity index (χ0) is 22.5. The van der Waals surface area contributed by atoms with Gasteiger partial charge in [-0.1, -0.05) is 0 Å². The quantitative estimate of drug-likeness (QED) is 0.575. The molecule has 0 radical (unpaired) electrons. The average Bonchev–Trinajstić information content (AvgIpc) is 2.85. The number of nitrogens with zero attached hydrogens (tertiary/aromatic N) is 5. The van der Waals surface area contributed by atoms with Crippen LogP contribution in [0.3, 0.4) is 0 Å². The molecule has 4 heterocycles. The standard InChI is InChI=1S/C20H27N7O5/c28-17-15(2-1-3-23-17)24-18(29)16-12-26(20(31)25-6-8-32-9-7-25)4-5-27(16)19(30)14-10-21-13-22-11-14/h10-11,13,15-16H,1-9,12H2,(H,23,28)(H,24,29). The lowest BCUT2D eigenvalue weighted by atomic mass is 10.0. The third kappa shape index (κ3) is 4.79. The molecule has 3 aliphatic heterocycles. The van der Waals surface area contributed by atoms with E-state index in [4.69, 9.17) is 4.74 Å². The van der Waals surface area contributed by atoms with E-state index in [1.54, 1.807) is 9.80 Å². The number of hydrogen-bond acceptors (Lipinski definition) is 7. The molecule has 3 fully saturated rings. The van der Waals surface area contributed by atoms with Gasteiger partial charge in [0, 0.05) is 45.1 Å². The van der Waals surface area contributed by atoms with Gasteiger partial charge in [-0.3, -0.25) is 14.4 Å². The molecule has 0 spiro atoms. The Hall–Kier alpha value is -3.28. The van der Waals surface area contributed by atoms with E-state index in [0.717, 1.165) is 6.42 Å². The predicted molar refractivity (Wildman–Crippen MR) is 110 cm³/mol. The number of urea groups is 1. The number of aromatic nitrogens is 2.